The van der Waals surface area contributed by atoms with Crippen molar-refractivity contribution >= 4 is 22.6 Å². The lowest BCUT2D eigenvalue weighted by Gasteiger charge is -2.45. The third-order valence-electron chi connectivity index (χ3n) is 5.19. The molecule has 3 nitrogen and oxygen atoms in total. The molecule has 21 heavy (non-hydrogen) atoms. The Labute approximate surface area is 130 Å². The van der Waals surface area contributed by atoms with Crippen LogP contribution in [0.1, 0.15) is 30.3 Å². The highest BCUT2D eigenvalue weighted by Gasteiger charge is 2.36. The van der Waals surface area contributed by atoms with E-state index in [0.29, 0.717) is 11.9 Å². The van der Waals surface area contributed by atoms with Crippen molar-refractivity contribution in [3.8, 4) is 0 Å². The van der Waals surface area contributed by atoms with Crippen molar-refractivity contribution < 1.29 is 0 Å². The molecule has 0 N–H and O–H groups in total. The number of piperidine rings is 3. The first-order valence-corrected chi connectivity index (χ1v) is 8.55. The van der Waals surface area contributed by atoms with Crippen LogP contribution in [0, 0.1) is 12.8 Å². The van der Waals surface area contributed by atoms with Gasteiger partial charge in [0.15, 0.2) is 0 Å². The van der Waals surface area contributed by atoms with Crippen LogP contribution in [0.3, 0.4) is 0 Å². The summed E-state index contributed by atoms with van der Waals surface area (Å²) in [6.45, 7) is 5.89. The van der Waals surface area contributed by atoms with E-state index in [9.17, 15) is 0 Å². The smallest absolute Gasteiger partial charge is 0.111 e. The number of hydrogen-bond donors (Lipinski definition) is 0. The molecule has 1 atom stereocenters. The Kier molecular flexibility index (Phi) is 3.43. The lowest BCUT2D eigenvalue weighted by molar-refractivity contribution is 0.0576. The Morgan fingerprint density at radius 1 is 1.29 bits per heavy atom. The fourth-order valence-electron chi connectivity index (χ4n) is 4.11. The molecule has 1 aromatic carbocycles. The molecule has 4 heteroatoms. The molecule has 0 radical (unpaired) electrons. The van der Waals surface area contributed by atoms with Gasteiger partial charge < -0.3 is 9.47 Å². The van der Waals surface area contributed by atoms with Crippen LogP contribution in [0.15, 0.2) is 18.2 Å². The molecule has 3 aliphatic heterocycles. The average molecular weight is 304 g/mol. The van der Waals surface area contributed by atoms with E-state index in [1.807, 2.05) is 0 Å². The lowest BCUT2D eigenvalue weighted by Crippen LogP contribution is -2.48. The molecule has 0 aliphatic carbocycles. The molecular formula is C17H22ClN3. The topological polar surface area (TPSA) is 21.1 Å². The largest absolute Gasteiger partial charge is 0.323 e. The van der Waals surface area contributed by atoms with Crippen molar-refractivity contribution in [3.63, 3.8) is 0 Å². The first-order chi connectivity index (χ1) is 10.3. The number of hydrogen-bond acceptors (Lipinski definition) is 2. The van der Waals surface area contributed by atoms with E-state index in [4.69, 9.17) is 16.6 Å². The molecule has 2 aromatic rings. The number of fused-ring (bicyclic) bond motifs is 4. The molecule has 3 fully saturated rings. The molecule has 5 rings (SSSR count). The van der Waals surface area contributed by atoms with Gasteiger partial charge in [0.05, 0.1) is 17.1 Å². The second-order valence-electron chi connectivity index (χ2n) is 6.53. The van der Waals surface area contributed by atoms with Gasteiger partial charge in [-0.15, -0.1) is 11.6 Å². The highest BCUT2D eigenvalue weighted by molar-refractivity contribution is 6.17. The van der Waals surface area contributed by atoms with E-state index >= 15 is 0 Å². The van der Waals surface area contributed by atoms with Crippen LogP contribution < -0.4 is 0 Å². The number of imidazole rings is 1. The molecular weight excluding hydrogens is 282 g/mol. The van der Waals surface area contributed by atoms with E-state index in [1.165, 1.54) is 49.4 Å². The first-order valence-electron chi connectivity index (χ1n) is 8.02. The summed E-state index contributed by atoms with van der Waals surface area (Å²) in [7, 11) is 0. The van der Waals surface area contributed by atoms with Crippen molar-refractivity contribution in [1.82, 2.24) is 14.5 Å². The normalized spacial score (nSPS) is 28.4. The maximum Gasteiger partial charge on any atom is 0.111 e. The quantitative estimate of drug-likeness (QED) is 0.810. The molecule has 0 spiro atoms. The summed E-state index contributed by atoms with van der Waals surface area (Å²) in [6.07, 6.45) is 3.52. The molecule has 3 saturated heterocycles. The van der Waals surface area contributed by atoms with Crippen molar-refractivity contribution in [3.05, 3.63) is 29.6 Å². The molecule has 1 aromatic heterocycles. The highest BCUT2D eigenvalue weighted by Crippen LogP contribution is 2.38. The van der Waals surface area contributed by atoms with Gasteiger partial charge in [-0.3, -0.25) is 0 Å². The van der Waals surface area contributed by atoms with Crippen molar-refractivity contribution in [1.29, 1.82) is 0 Å². The van der Waals surface area contributed by atoms with Crippen LogP contribution in [0.25, 0.3) is 11.0 Å². The van der Waals surface area contributed by atoms with Crippen molar-refractivity contribution in [2.45, 2.75) is 32.2 Å². The van der Waals surface area contributed by atoms with E-state index < -0.39 is 0 Å². The number of aryl methyl sites for hydroxylation is 2. The Morgan fingerprint density at radius 2 is 2.10 bits per heavy atom. The first kappa shape index (κ1) is 13.6. The third kappa shape index (κ3) is 2.27. The molecule has 0 amide bonds. The molecule has 3 aliphatic rings. The SMILES string of the molecule is Cc1ccc2nc(CCCl)n(C3CN4CCC3CC4)c2c1. The zero-order valence-electron chi connectivity index (χ0n) is 12.6. The van der Waals surface area contributed by atoms with Crippen LogP contribution in [0.4, 0.5) is 0 Å². The van der Waals surface area contributed by atoms with Gasteiger partial charge in [0, 0.05) is 18.8 Å². The van der Waals surface area contributed by atoms with E-state index in [-0.39, 0.29) is 0 Å². The maximum atomic E-state index is 6.02. The standard InChI is InChI=1S/C17H22ClN3/c1-12-2-3-14-15(10-12)21(17(19-14)4-7-18)16-11-20-8-5-13(16)6-9-20/h2-3,10,13,16H,4-9,11H2,1H3. The Bertz CT molecular complexity index is 655. The van der Waals surface area contributed by atoms with Crippen molar-refractivity contribution in [2.24, 2.45) is 5.92 Å². The van der Waals surface area contributed by atoms with Gasteiger partial charge in [0.25, 0.3) is 0 Å². The highest BCUT2D eigenvalue weighted by atomic mass is 35.5. The summed E-state index contributed by atoms with van der Waals surface area (Å²) >= 11 is 6.02. The van der Waals surface area contributed by atoms with Gasteiger partial charge in [-0.1, -0.05) is 6.07 Å². The zero-order chi connectivity index (χ0) is 14.4. The molecule has 1 unspecified atom stereocenters. The molecule has 0 saturated carbocycles. The van der Waals surface area contributed by atoms with Gasteiger partial charge in [-0.05, 0) is 56.5 Å². The van der Waals surface area contributed by atoms with Crippen molar-refractivity contribution in [2.75, 3.05) is 25.5 Å². The van der Waals surface area contributed by atoms with Crippen LogP contribution in [0.2, 0.25) is 0 Å². The number of halogens is 1. The Morgan fingerprint density at radius 3 is 2.76 bits per heavy atom. The second-order valence-corrected chi connectivity index (χ2v) is 6.91. The predicted molar refractivity (Wildman–Crippen MR) is 87.1 cm³/mol. The average Bonchev–Trinajstić information content (AvgIpc) is 2.86. The zero-order valence-corrected chi connectivity index (χ0v) is 13.3. The van der Waals surface area contributed by atoms with E-state index in [2.05, 4.69) is 34.6 Å². The van der Waals surface area contributed by atoms with Crippen LogP contribution in [-0.4, -0.2) is 40.0 Å². The number of aromatic nitrogens is 2. The number of alkyl halides is 1. The minimum absolute atomic E-state index is 0.581. The van der Waals surface area contributed by atoms with Gasteiger partial charge in [0.1, 0.15) is 5.82 Å². The summed E-state index contributed by atoms with van der Waals surface area (Å²) < 4.78 is 2.51. The van der Waals surface area contributed by atoms with Gasteiger partial charge >= 0.3 is 0 Å². The monoisotopic (exact) mass is 303 g/mol. The molecule has 2 bridgehead atoms. The second kappa shape index (κ2) is 5.29. The van der Waals surface area contributed by atoms with Gasteiger partial charge in [-0.25, -0.2) is 4.98 Å². The van der Waals surface area contributed by atoms with Crippen LogP contribution in [-0.2, 0) is 6.42 Å². The number of nitrogens with zero attached hydrogens (tertiary/aromatic N) is 3. The third-order valence-corrected chi connectivity index (χ3v) is 5.38. The number of rotatable bonds is 3. The summed E-state index contributed by atoms with van der Waals surface area (Å²) in [5, 5.41) is 0. The summed E-state index contributed by atoms with van der Waals surface area (Å²) in [5.74, 6) is 2.62. The fourth-order valence-corrected chi connectivity index (χ4v) is 4.28. The summed E-state index contributed by atoms with van der Waals surface area (Å²) in [5.41, 5.74) is 3.73. The number of benzene rings is 1. The fraction of sp³-hybridized carbons (Fsp3) is 0.588. The van der Waals surface area contributed by atoms with Gasteiger partial charge in [0.2, 0.25) is 0 Å². The summed E-state index contributed by atoms with van der Waals surface area (Å²) in [4.78, 5) is 7.47. The Hall–Kier alpha value is -1.06. The summed E-state index contributed by atoms with van der Waals surface area (Å²) in [6, 6.07) is 7.18. The maximum absolute atomic E-state index is 6.02. The minimum atomic E-state index is 0.581. The minimum Gasteiger partial charge on any atom is -0.323 e. The lowest BCUT2D eigenvalue weighted by atomic mass is 9.83. The van der Waals surface area contributed by atoms with E-state index in [0.717, 1.165) is 17.9 Å². The van der Waals surface area contributed by atoms with E-state index in [1.54, 1.807) is 0 Å². The van der Waals surface area contributed by atoms with Gasteiger partial charge in [-0.2, -0.15) is 0 Å². The predicted octanol–water partition coefficient (Wildman–Crippen LogP) is 3.39. The Balaban J connectivity index is 1.85. The van der Waals surface area contributed by atoms with Crippen LogP contribution >= 0.6 is 11.6 Å². The molecule has 4 heterocycles. The van der Waals surface area contributed by atoms with Crippen LogP contribution in [0.5, 0.6) is 0 Å². The molecule has 112 valence electrons.